The van der Waals surface area contributed by atoms with E-state index in [1.807, 2.05) is 6.92 Å². The molecular weight excluding hydrogens is 234 g/mol. The van der Waals surface area contributed by atoms with Crippen LogP contribution in [-0.4, -0.2) is 25.1 Å². The Hall–Kier alpha value is -0.860. The molecule has 0 aliphatic carbocycles. The highest BCUT2D eigenvalue weighted by Crippen LogP contribution is 1.97. The Balaban J connectivity index is 0. The fourth-order valence-corrected chi connectivity index (χ4v) is 0.992. The Morgan fingerprint density at radius 2 is 2.00 bits per heavy atom. The van der Waals surface area contributed by atoms with Gasteiger partial charge in [-0.2, -0.15) is 4.40 Å². The lowest BCUT2D eigenvalue weighted by molar-refractivity contribution is 0.353. The van der Waals surface area contributed by atoms with Crippen LogP contribution in [0.1, 0.15) is 40.5 Å². The SMILES string of the molecule is CC#CCO/C(N)=N/SCNCC.CCCC. The summed E-state index contributed by atoms with van der Waals surface area (Å²) >= 11 is 1.32. The van der Waals surface area contributed by atoms with Crippen LogP contribution in [0.15, 0.2) is 4.40 Å². The van der Waals surface area contributed by atoms with Crippen molar-refractivity contribution in [1.29, 1.82) is 0 Å². The Bertz CT molecular complexity index is 232. The average molecular weight is 259 g/mol. The smallest absolute Gasteiger partial charge is 0.294 e. The van der Waals surface area contributed by atoms with Crippen molar-refractivity contribution in [3.8, 4) is 11.8 Å². The van der Waals surface area contributed by atoms with Gasteiger partial charge >= 0.3 is 0 Å². The number of hydrogen-bond donors (Lipinski definition) is 2. The van der Waals surface area contributed by atoms with E-state index >= 15 is 0 Å². The average Bonchev–Trinajstić information content (AvgIpc) is 2.35. The van der Waals surface area contributed by atoms with Gasteiger partial charge in [-0.25, -0.2) is 0 Å². The van der Waals surface area contributed by atoms with Gasteiger partial charge < -0.3 is 15.8 Å². The molecule has 0 spiro atoms. The van der Waals surface area contributed by atoms with Crippen molar-refractivity contribution in [2.45, 2.75) is 40.5 Å². The molecule has 0 saturated carbocycles. The fourth-order valence-electron chi connectivity index (χ4n) is 0.452. The highest BCUT2D eigenvalue weighted by Gasteiger charge is 1.89. The van der Waals surface area contributed by atoms with Gasteiger partial charge in [0.25, 0.3) is 6.02 Å². The van der Waals surface area contributed by atoms with E-state index in [4.69, 9.17) is 10.5 Å². The van der Waals surface area contributed by atoms with Crippen molar-refractivity contribution >= 4 is 18.0 Å². The molecule has 17 heavy (non-hydrogen) atoms. The number of ether oxygens (including phenoxy) is 1. The number of nitrogens with zero attached hydrogens (tertiary/aromatic N) is 1. The Morgan fingerprint density at radius 3 is 2.47 bits per heavy atom. The zero-order valence-corrected chi connectivity index (χ0v) is 12.2. The second-order valence-electron chi connectivity index (χ2n) is 3.02. The molecule has 0 fully saturated rings. The highest BCUT2D eigenvalue weighted by atomic mass is 32.2. The zero-order valence-electron chi connectivity index (χ0n) is 11.4. The molecule has 4 nitrogen and oxygen atoms in total. The molecule has 0 aromatic heterocycles. The third-order valence-electron chi connectivity index (χ3n) is 1.54. The predicted molar refractivity (Wildman–Crippen MR) is 77.7 cm³/mol. The highest BCUT2D eigenvalue weighted by molar-refractivity contribution is 7.98. The van der Waals surface area contributed by atoms with Gasteiger partial charge in [0.1, 0.15) is 0 Å². The van der Waals surface area contributed by atoms with Crippen LogP contribution < -0.4 is 11.1 Å². The van der Waals surface area contributed by atoms with Crippen LogP contribution in [0.5, 0.6) is 0 Å². The first kappa shape index (κ1) is 18.5. The monoisotopic (exact) mass is 259 g/mol. The van der Waals surface area contributed by atoms with E-state index in [0.29, 0.717) is 6.61 Å². The third kappa shape index (κ3) is 21.1. The van der Waals surface area contributed by atoms with Gasteiger partial charge in [0.15, 0.2) is 6.61 Å². The molecule has 0 amide bonds. The van der Waals surface area contributed by atoms with Crippen LogP contribution >= 0.6 is 11.9 Å². The number of nitrogens with two attached hydrogens (primary N) is 1. The summed E-state index contributed by atoms with van der Waals surface area (Å²) in [6, 6.07) is 0.172. The molecule has 100 valence electrons. The molecule has 0 radical (unpaired) electrons. The molecule has 0 aliphatic rings. The maximum Gasteiger partial charge on any atom is 0.294 e. The summed E-state index contributed by atoms with van der Waals surface area (Å²) < 4.78 is 8.86. The molecule has 0 unspecified atom stereocenters. The van der Waals surface area contributed by atoms with Crippen molar-refractivity contribution in [3.05, 3.63) is 0 Å². The van der Waals surface area contributed by atoms with Gasteiger partial charge in [-0.05, 0) is 25.4 Å². The Morgan fingerprint density at radius 1 is 1.35 bits per heavy atom. The van der Waals surface area contributed by atoms with Gasteiger partial charge in [0, 0.05) is 0 Å². The van der Waals surface area contributed by atoms with E-state index in [0.717, 1.165) is 12.4 Å². The lowest BCUT2D eigenvalue weighted by Gasteiger charge is -1.99. The topological polar surface area (TPSA) is 59.6 Å². The summed E-state index contributed by atoms with van der Waals surface area (Å²) in [6.45, 7) is 9.36. The van der Waals surface area contributed by atoms with Crippen molar-refractivity contribution in [3.63, 3.8) is 0 Å². The molecule has 0 aliphatic heterocycles. The number of unbranched alkanes of at least 4 members (excludes halogenated alkanes) is 1. The molecule has 0 heterocycles. The minimum atomic E-state index is 0.172. The second-order valence-corrected chi connectivity index (χ2v) is 3.75. The van der Waals surface area contributed by atoms with Gasteiger partial charge in [-0.3, -0.25) is 0 Å². The number of rotatable bonds is 6. The van der Waals surface area contributed by atoms with Crippen LogP contribution in [0.4, 0.5) is 0 Å². The van der Waals surface area contributed by atoms with Crippen molar-refractivity contribution < 1.29 is 4.74 Å². The second kappa shape index (κ2) is 17.5. The molecule has 0 atom stereocenters. The Kier molecular flexibility index (Phi) is 19.1. The Labute approximate surface area is 110 Å². The number of hydrogen-bond acceptors (Lipinski definition) is 4. The molecule has 5 heteroatoms. The molecule has 0 bridgehead atoms. The summed E-state index contributed by atoms with van der Waals surface area (Å²) in [4.78, 5) is 0. The first-order valence-corrected chi connectivity index (χ1v) is 6.85. The molecule has 0 aromatic rings. The minimum Gasteiger partial charge on any atom is -0.452 e. The lowest BCUT2D eigenvalue weighted by atomic mass is 10.4. The molecular formula is C12H25N3OS. The van der Waals surface area contributed by atoms with E-state index in [1.54, 1.807) is 6.92 Å². The first-order chi connectivity index (χ1) is 8.22. The minimum absolute atomic E-state index is 0.172. The van der Waals surface area contributed by atoms with Crippen LogP contribution in [0.3, 0.4) is 0 Å². The lowest BCUT2D eigenvalue weighted by Crippen LogP contribution is -2.16. The standard InChI is InChI=1S/C8H15N3OS.C4H10/c1-3-5-6-12-8(9)11-13-7-10-4-2;1-3-4-2/h10H,4,6-7H2,1-2H3,(H2,9,11);3-4H2,1-2H3. The number of nitrogens with one attached hydrogen (secondary N) is 1. The first-order valence-electron chi connectivity index (χ1n) is 5.91. The van der Waals surface area contributed by atoms with Crippen LogP contribution in [0.25, 0.3) is 0 Å². The van der Waals surface area contributed by atoms with Gasteiger partial charge in [-0.1, -0.05) is 39.5 Å². The summed E-state index contributed by atoms with van der Waals surface area (Å²) in [5.74, 6) is 6.15. The summed E-state index contributed by atoms with van der Waals surface area (Å²) in [6.07, 6.45) is 2.64. The van der Waals surface area contributed by atoms with Crippen LogP contribution in [0, 0.1) is 11.8 Å². The fraction of sp³-hybridized carbons (Fsp3) is 0.750. The van der Waals surface area contributed by atoms with E-state index in [2.05, 4.69) is 35.4 Å². The molecule has 3 N–H and O–H groups in total. The molecule has 0 aromatic carbocycles. The van der Waals surface area contributed by atoms with Gasteiger partial charge in [0.2, 0.25) is 0 Å². The zero-order chi connectivity index (χ0) is 13.4. The quantitative estimate of drug-likeness (QED) is 0.192. The maximum atomic E-state index is 5.41. The molecule has 0 saturated heterocycles. The normalized spacial score (nSPS) is 9.76. The van der Waals surface area contributed by atoms with Gasteiger partial charge in [-0.15, -0.1) is 5.92 Å². The van der Waals surface area contributed by atoms with E-state index in [-0.39, 0.29) is 6.02 Å². The van der Waals surface area contributed by atoms with E-state index in [9.17, 15) is 0 Å². The van der Waals surface area contributed by atoms with Crippen molar-refractivity contribution in [2.24, 2.45) is 10.1 Å². The third-order valence-corrected chi connectivity index (χ3v) is 2.18. The summed E-state index contributed by atoms with van der Waals surface area (Å²) in [5.41, 5.74) is 5.41. The largest absolute Gasteiger partial charge is 0.452 e. The predicted octanol–water partition coefficient (Wildman–Crippen LogP) is 2.36. The van der Waals surface area contributed by atoms with E-state index < -0.39 is 0 Å². The van der Waals surface area contributed by atoms with Crippen molar-refractivity contribution in [1.82, 2.24) is 5.32 Å². The van der Waals surface area contributed by atoms with Crippen molar-refractivity contribution in [2.75, 3.05) is 19.0 Å². The summed E-state index contributed by atoms with van der Waals surface area (Å²) in [5, 5.41) is 3.09. The maximum absolute atomic E-state index is 5.41. The van der Waals surface area contributed by atoms with Gasteiger partial charge in [0.05, 0.1) is 5.88 Å². The summed E-state index contributed by atoms with van der Waals surface area (Å²) in [7, 11) is 0. The number of amidine groups is 1. The molecule has 0 rings (SSSR count). The van der Waals surface area contributed by atoms with Crippen LogP contribution in [0.2, 0.25) is 0 Å². The van der Waals surface area contributed by atoms with Crippen LogP contribution in [-0.2, 0) is 4.74 Å². The van der Waals surface area contributed by atoms with E-state index in [1.165, 1.54) is 24.8 Å².